The quantitative estimate of drug-likeness (QED) is 0.0173. The highest BCUT2D eigenvalue weighted by molar-refractivity contribution is 5.95. The Kier molecular flexibility index (Phi) is 29.2. The fourth-order valence-corrected chi connectivity index (χ4v) is 4.91. The van der Waals surface area contributed by atoms with Gasteiger partial charge >= 0.3 is 23.9 Å². The van der Waals surface area contributed by atoms with Crippen LogP contribution in [0.2, 0.25) is 0 Å². The first-order chi connectivity index (χ1) is 29.7. The van der Waals surface area contributed by atoms with E-state index in [4.69, 9.17) is 39.4 Å². The number of carboxylic acids is 4. The Morgan fingerprint density at radius 1 is 0.597 bits per heavy atom. The fraction of sp³-hybridized carbons (Fsp3) is 0.622. The number of ether oxygens (including phenoxy) is 5. The third kappa shape index (κ3) is 28.4. The molecular weight excluding hydrogens is 828 g/mol. The van der Waals surface area contributed by atoms with Gasteiger partial charge in [0.05, 0.1) is 59.4 Å². The Hall–Kier alpha value is -6.11. The highest BCUT2D eigenvalue weighted by Crippen LogP contribution is 2.18. The van der Waals surface area contributed by atoms with Crippen LogP contribution < -0.4 is 31.3 Å². The third-order valence-corrected chi connectivity index (χ3v) is 7.97. The van der Waals surface area contributed by atoms with Crippen molar-refractivity contribution in [2.24, 2.45) is 5.11 Å². The highest BCUT2D eigenvalue weighted by atomic mass is 16.6. The summed E-state index contributed by atoms with van der Waals surface area (Å²) in [5, 5.41) is 52.3. The molecule has 346 valence electrons. The standard InChI is InChI=1S/C37H56N8O17/c38-45-42-11-13-59-16-18-61-20-19-60-17-15-58-12-7-30(46)40-10-14-62-27-22-25(24-39-8-5-31(47)43-28(36(54)55)1-3-33(49)50)21-26(23-27)35(53)41-9-6-32(48)44-29(37(56)57)2-4-34(51)52/h21-23,28-29,39H,1-20,24H2,(H,40,46)(H,41,53)(H,43,47)(H,44,48)(H,49,50)(H,51,52)(H,54,55)(H,56,57). The largest absolute Gasteiger partial charge is 0.492 e. The topological polar surface area (TPSA) is 373 Å². The Morgan fingerprint density at radius 2 is 1.13 bits per heavy atom. The number of rotatable bonds is 38. The van der Waals surface area contributed by atoms with Crippen LogP contribution in [-0.4, -0.2) is 166 Å². The first kappa shape index (κ1) is 53.9. The number of carbonyl (C=O) groups is 8. The molecule has 0 aliphatic carbocycles. The molecule has 62 heavy (non-hydrogen) atoms. The molecule has 0 bridgehead atoms. The van der Waals surface area contributed by atoms with Gasteiger partial charge in [-0.05, 0) is 42.1 Å². The van der Waals surface area contributed by atoms with Gasteiger partial charge in [-0.3, -0.25) is 28.8 Å². The van der Waals surface area contributed by atoms with E-state index in [1.807, 2.05) is 0 Å². The molecule has 0 saturated carbocycles. The summed E-state index contributed by atoms with van der Waals surface area (Å²) in [6, 6.07) is 1.71. The van der Waals surface area contributed by atoms with E-state index in [1.54, 1.807) is 6.07 Å². The lowest BCUT2D eigenvalue weighted by Gasteiger charge is -2.15. The lowest BCUT2D eigenvalue weighted by atomic mass is 10.1. The zero-order chi connectivity index (χ0) is 46.0. The van der Waals surface area contributed by atoms with Crippen LogP contribution >= 0.6 is 0 Å². The van der Waals surface area contributed by atoms with Gasteiger partial charge in [0.1, 0.15) is 24.4 Å². The number of aliphatic carboxylic acids is 4. The molecule has 0 radical (unpaired) electrons. The van der Waals surface area contributed by atoms with Crippen molar-refractivity contribution in [3.63, 3.8) is 0 Å². The first-order valence-electron chi connectivity index (χ1n) is 19.5. The maximum absolute atomic E-state index is 13.1. The molecule has 25 nitrogen and oxygen atoms in total. The predicted molar refractivity (Wildman–Crippen MR) is 213 cm³/mol. The van der Waals surface area contributed by atoms with Gasteiger partial charge in [-0.15, -0.1) is 0 Å². The average Bonchev–Trinajstić information content (AvgIpc) is 3.22. The molecular formula is C37H56N8O17. The van der Waals surface area contributed by atoms with E-state index < -0.39 is 66.5 Å². The molecule has 0 spiro atoms. The van der Waals surface area contributed by atoms with Crippen molar-refractivity contribution in [3.05, 3.63) is 39.8 Å². The number of azide groups is 1. The molecule has 4 amide bonds. The van der Waals surface area contributed by atoms with Crippen LogP contribution in [0.3, 0.4) is 0 Å². The molecule has 1 aromatic rings. The summed E-state index contributed by atoms with van der Waals surface area (Å²) in [6.07, 6.45) is -1.95. The number of amides is 4. The van der Waals surface area contributed by atoms with E-state index >= 15 is 0 Å². The minimum absolute atomic E-state index is 0.00189. The van der Waals surface area contributed by atoms with Crippen molar-refractivity contribution in [1.82, 2.24) is 26.6 Å². The summed E-state index contributed by atoms with van der Waals surface area (Å²) in [6.45, 7) is 2.79. The van der Waals surface area contributed by atoms with Crippen molar-refractivity contribution in [2.75, 3.05) is 85.6 Å². The van der Waals surface area contributed by atoms with Gasteiger partial charge in [0, 0.05) is 68.8 Å². The number of hydrogen-bond acceptors (Lipinski definition) is 15. The normalized spacial score (nSPS) is 11.6. The Bertz CT molecular complexity index is 1640. The summed E-state index contributed by atoms with van der Waals surface area (Å²) in [7, 11) is 0. The number of nitrogens with zero attached hydrogens (tertiary/aromatic N) is 3. The van der Waals surface area contributed by atoms with E-state index in [0.29, 0.717) is 45.2 Å². The van der Waals surface area contributed by atoms with E-state index in [-0.39, 0.29) is 102 Å². The summed E-state index contributed by atoms with van der Waals surface area (Å²) in [4.78, 5) is 97.0. The molecule has 2 atom stereocenters. The minimum atomic E-state index is -1.43. The summed E-state index contributed by atoms with van der Waals surface area (Å²) in [5.41, 5.74) is 8.80. The van der Waals surface area contributed by atoms with Crippen LogP contribution in [0.15, 0.2) is 23.3 Å². The fourth-order valence-electron chi connectivity index (χ4n) is 4.91. The molecule has 9 N–H and O–H groups in total. The second-order valence-electron chi connectivity index (χ2n) is 12.9. The van der Waals surface area contributed by atoms with E-state index in [1.165, 1.54) is 12.1 Å². The van der Waals surface area contributed by atoms with Gasteiger partial charge in [-0.25, -0.2) is 9.59 Å². The number of carbonyl (C=O) groups excluding carboxylic acids is 4. The molecule has 0 aromatic heterocycles. The Balaban J connectivity index is 2.63. The van der Waals surface area contributed by atoms with E-state index in [0.717, 1.165) is 0 Å². The van der Waals surface area contributed by atoms with Gasteiger partial charge in [0.25, 0.3) is 5.91 Å². The Morgan fingerprint density at radius 3 is 1.66 bits per heavy atom. The maximum atomic E-state index is 13.1. The molecule has 2 unspecified atom stereocenters. The molecule has 0 fully saturated rings. The maximum Gasteiger partial charge on any atom is 0.326 e. The van der Waals surface area contributed by atoms with Gasteiger partial charge in [0.2, 0.25) is 17.7 Å². The monoisotopic (exact) mass is 884 g/mol. The second kappa shape index (κ2) is 33.6. The van der Waals surface area contributed by atoms with Gasteiger partial charge in [0.15, 0.2) is 0 Å². The summed E-state index contributed by atoms with van der Waals surface area (Å²) in [5.74, 6) is -7.28. The van der Waals surface area contributed by atoms with Gasteiger partial charge in [-0.2, -0.15) is 0 Å². The predicted octanol–water partition coefficient (Wildman–Crippen LogP) is -0.584. The zero-order valence-corrected chi connectivity index (χ0v) is 34.2. The highest BCUT2D eigenvalue weighted by Gasteiger charge is 2.22. The van der Waals surface area contributed by atoms with Crippen molar-refractivity contribution in [3.8, 4) is 5.75 Å². The smallest absolute Gasteiger partial charge is 0.326 e. The van der Waals surface area contributed by atoms with Crippen LogP contribution in [0, 0.1) is 0 Å². The first-order valence-corrected chi connectivity index (χ1v) is 19.5. The van der Waals surface area contributed by atoms with E-state index in [9.17, 15) is 48.6 Å². The molecule has 0 saturated heterocycles. The molecule has 0 aliphatic heterocycles. The van der Waals surface area contributed by atoms with Crippen molar-refractivity contribution < 1.29 is 82.5 Å². The van der Waals surface area contributed by atoms with Gasteiger partial charge < -0.3 is 70.7 Å². The molecule has 0 aliphatic rings. The van der Waals surface area contributed by atoms with Crippen LogP contribution in [0.4, 0.5) is 0 Å². The second-order valence-corrected chi connectivity index (χ2v) is 12.9. The number of nitrogens with one attached hydrogen (secondary N) is 5. The number of hydrogen-bond donors (Lipinski definition) is 9. The third-order valence-electron chi connectivity index (χ3n) is 7.97. The van der Waals surface area contributed by atoms with Crippen LogP contribution in [-0.2, 0) is 59.1 Å². The van der Waals surface area contributed by atoms with Gasteiger partial charge in [-0.1, -0.05) is 5.11 Å². The molecule has 0 heterocycles. The molecule has 1 rings (SSSR count). The molecule has 25 heteroatoms. The van der Waals surface area contributed by atoms with E-state index in [2.05, 4.69) is 36.6 Å². The number of benzene rings is 1. The minimum Gasteiger partial charge on any atom is -0.492 e. The lowest BCUT2D eigenvalue weighted by molar-refractivity contribution is -0.144. The summed E-state index contributed by atoms with van der Waals surface area (Å²) >= 11 is 0. The van der Waals surface area contributed by atoms with Crippen LogP contribution in [0.1, 0.15) is 60.9 Å². The average molecular weight is 885 g/mol. The molecule has 1 aromatic carbocycles. The number of carboxylic acid groups (broad SMARTS) is 4. The Labute approximate surface area is 356 Å². The SMILES string of the molecule is [N-]=[N+]=NCCOCCOCCOCCOCCC(=O)NCCOc1cc(CNCCC(=O)NC(CCC(=O)O)C(=O)O)cc(C(=O)NCCC(=O)NC(CCC(=O)O)C(=O)O)c1. The van der Waals surface area contributed by atoms with Crippen LogP contribution in [0.25, 0.3) is 10.4 Å². The van der Waals surface area contributed by atoms with Crippen molar-refractivity contribution in [2.45, 2.75) is 63.6 Å². The van der Waals surface area contributed by atoms with Crippen molar-refractivity contribution in [1.29, 1.82) is 0 Å². The zero-order valence-electron chi connectivity index (χ0n) is 34.2. The van der Waals surface area contributed by atoms with Crippen molar-refractivity contribution >= 4 is 47.5 Å². The van der Waals surface area contributed by atoms with Crippen LogP contribution in [0.5, 0.6) is 5.75 Å². The lowest BCUT2D eigenvalue weighted by Crippen LogP contribution is -2.42. The summed E-state index contributed by atoms with van der Waals surface area (Å²) < 4.78 is 27.2.